The van der Waals surface area contributed by atoms with Gasteiger partial charge in [-0.05, 0) is 48.5 Å². The van der Waals surface area contributed by atoms with Crippen LogP contribution < -0.4 is 4.74 Å². The molecule has 116 valence electrons. The van der Waals surface area contributed by atoms with Crippen LogP contribution in [0.15, 0.2) is 23.1 Å². The third kappa shape index (κ3) is 4.44. The van der Waals surface area contributed by atoms with Gasteiger partial charge < -0.3 is 18.9 Å². The highest BCUT2D eigenvalue weighted by molar-refractivity contribution is 7.79. The average molecular weight is 312 g/mol. The molecule has 1 amide bonds. The molecule has 6 nitrogen and oxygen atoms in total. The van der Waals surface area contributed by atoms with E-state index < -0.39 is 11.1 Å². The topological polar surface area (TPSA) is 78.9 Å². The lowest BCUT2D eigenvalue weighted by molar-refractivity contribution is 0.0949. The minimum absolute atomic E-state index is 0.138. The number of amides is 1. The standard InChI is InChI=1S/C14H19NO5S/c1-11-4-5-12(21(17)18)10-13(11)19-8-9-20-14(16)15-6-2-3-7-15/h4-5,10H,2-3,6-9H2,1H3,(H,17,18)/p-1. The summed E-state index contributed by atoms with van der Waals surface area (Å²) in [6, 6.07) is 4.65. The summed E-state index contributed by atoms with van der Waals surface area (Å²) in [5, 5.41) is 0. The third-order valence-corrected chi connectivity index (χ3v) is 3.92. The van der Waals surface area contributed by atoms with Crippen LogP contribution in [0.2, 0.25) is 0 Å². The molecule has 1 atom stereocenters. The number of nitrogens with zero attached hydrogens (tertiary/aromatic N) is 1. The van der Waals surface area contributed by atoms with Crippen LogP contribution in [0.3, 0.4) is 0 Å². The molecule has 2 rings (SSSR count). The first-order valence-corrected chi connectivity index (χ1v) is 7.90. The van der Waals surface area contributed by atoms with Crippen molar-refractivity contribution >= 4 is 17.2 Å². The van der Waals surface area contributed by atoms with Crippen molar-refractivity contribution in [3.05, 3.63) is 23.8 Å². The second kappa shape index (κ2) is 7.42. The zero-order valence-corrected chi connectivity index (χ0v) is 12.7. The van der Waals surface area contributed by atoms with Crippen LogP contribution >= 0.6 is 0 Å². The van der Waals surface area contributed by atoms with Gasteiger partial charge in [0.1, 0.15) is 19.0 Å². The number of benzene rings is 1. The molecular weight excluding hydrogens is 294 g/mol. The van der Waals surface area contributed by atoms with Crippen molar-refractivity contribution in [2.75, 3.05) is 26.3 Å². The highest BCUT2D eigenvalue weighted by Crippen LogP contribution is 2.21. The van der Waals surface area contributed by atoms with Crippen LogP contribution in [0.25, 0.3) is 0 Å². The van der Waals surface area contributed by atoms with Crippen molar-refractivity contribution in [2.24, 2.45) is 0 Å². The fourth-order valence-electron chi connectivity index (χ4n) is 2.11. The number of carbonyl (C=O) groups excluding carboxylic acids is 1. The molecule has 0 aromatic heterocycles. The molecule has 0 saturated carbocycles. The van der Waals surface area contributed by atoms with E-state index in [9.17, 15) is 13.6 Å². The summed E-state index contributed by atoms with van der Waals surface area (Å²) in [4.78, 5) is 13.5. The molecule has 1 heterocycles. The molecule has 1 fully saturated rings. The van der Waals surface area contributed by atoms with Gasteiger partial charge in [-0.3, -0.25) is 4.21 Å². The van der Waals surface area contributed by atoms with Crippen LogP contribution in [-0.2, 0) is 15.8 Å². The van der Waals surface area contributed by atoms with Gasteiger partial charge in [0.25, 0.3) is 0 Å². The Kier molecular flexibility index (Phi) is 5.58. The van der Waals surface area contributed by atoms with Crippen molar-refractivity contribution in [3.63, 3.8) is 0 Å². The van der Waals surface area contributed by atoms with Gasteiger partial charge >= 0.3 is 6.09 Å². The lowest BCUT2D eigenvalue weighted by atomic mass is 10.2. The second-order valence-corrected chi connectivity index (χ2v) is 5.76. The molecule has 1 aromatic rings. The first-order chi connectivity index (χ1) is 10.1. The summed E-state index contributed by atoms with van der Waals surface area (Å²) in [6.45, 7) is 3.64. The molecule has 1 aliphatic heterocycles. The molecule has 21 heavy (non-hydrogen) atoms. The summed E-state index contributed by atoms with van der Waals surface area (Å²) < 4.78 is 32.4. The number of likely N-dealkylation sites (tertiary alicyclic amines) is 1. The molecule has 7 heteroatoms. The predicted octanol–water partition coefficient (Wildman–Crippen LogP) is 1.84. The number of ether oxygens (including phenoxy) is 2. The maximum absolute atomic E-state index is 11.6. The van der Waals surface area contributed by atoms with Crippen LogP contribution in [-0.4, -0.2) is 46.1 Å². The third-order valence-electron chi connectivity index (χ3n) is 3.28. The Morgan fingerprint density at radius 2 is 2.05 bits per heavy atom. The maximum atomic E-state index is 11.6. The van der Waals surface area contributed by atoms with Gasteiger partial charge in [-0.1, -0.05) is 6.07 Å². The summed E-state index contributed by atoms with van der Waals surface area (Å²) in [5.41, 5.74) is 0.829. The number of hydrogen-bond donors (Lipinski definition) is 0. The molecule has 0 bridgehead atoms. The van der Waals surface area contributed by atoms with Gasteiger partial charge in [0, 0.05) is 18.0 Å². The minimum atomic E-state index is -2.29. The fraction of sp³-hybridized carbons (Fsp3) is 0.500. The Bertz CT molecular complexity index is 528. The summed E-state index contributed by atoms with van der Waals surface area (Å²) in [5.74, 6) is 0.480. The molecule has 1 aromatic carbocycles. The van der Waals surface area contributed by atoms with Crippen molar-refractivity contribution in [2.45, 2.75) is 24.7 Å². The van der Waals surface area contributed by atoms with Gasteiger partial charge in [-0.25, -0.2) is 4.79 Å². The summed E-state index contributed by atoms with van der Waals surface area (Å²) in [7, 11) is 0. The van der Waals surface area contributed by atoms with E-state index in [-0.39, 0.29) is 24.2 Å². The monoisotopic (exact) mass is 312 g/mol. The number of aryl methyl sites for hydroxylation is 1. The Morgan fingerprint density at radius 3 is 2.71 bits per heavy atom. The van der Waals surface area contributed by atoms with Crippen LogP contribution in [0.5, 0.6) is 5.75 Å². The van der Waals surface area contributed by atoms with E-state index in [1.807, 2.05) is 6.92 Å². The van der Waals surface area contributed by atoms with Crippen molar-refractivity contribution in [3.8, 4) is 5.75 Å². The molecule has 1 aliphatic rings. The minimum Gasteiger partial charge on any atom is -0.768 e. The smallest absolute Gasteiger partial charge is 0.409 e. The summed E-state index contributed by atoms with van der Waals surface area (Å²) >= 11 is -2.29. The highest BCUT2D eigenvalue weighted by Gasteiger charge is 2.18. The zero-order valence-electron chi connectivity index (χ0n) is 11.9. The Labute approximate surface area is 126 Å². The van der Waals surface area contributed by atoms with Crippen LogP contribution in [0.1, 0.15) is 18.4 Å². The maximum Gasteiger partial charge on any atom is 0.409 e. The number of hydrogen-bond acceptors (Lipinski definition) is 5. The predicted molar refractivity (Wildman–Crippen MR) is 76.0 cm³/mol. The van der Waals surface area contributed by atoms with Crippen LogP contribution in [0, 0.1) is 6.92 Å². The zero-order chi connectivity index (χ0) is 15.2. The largest absolute Gasteiger partial charge is 0.768 e. The molecule has 0 N–H and O–H groups in total. The van der Waals surface area contributed by atoms with Gasteiger partial charge in [0.2, 0.25) is 0 Å². The van der Waals surface area contributed by atoms with Gasteiger partial charge in [0.15, 0.2) is 0 Å². The molecular formula is C14H18NO5S-. The van der Waals surface area contributed by atoms with E-state index in [1.165, 1.54) is 12.1 Å². The first kappa shape index (κ1) is 15.8. The SMILES string of the molecule is Cc1ccc(S(=O)[O-])cc1OCCOC(=O)N1CCCC1. The van der Waals surface area contributed by atoms with E-state index in [2.05, 4.69) is 0 Å². The number of rotatable bonds is 5. The van der Waals surface area contributed by atoms with Gasteiger partial charge in [-0.2, -0.15) is 0 Å². The van der Waals surface area contributed by atoms with Crippen molar-refractivity contribution in [1.29, 1.82) is 0 Å². The van der Waals surface area contributed by atoms with Crippen LogP contribution in [0.4, 0.5) is 4.79 Å². The molecule has 1 unspecified atom stereocenters. The first-order valence-electron chi connectivity index (χ1n) is 6.82. The van der Waals surface area contributed by atoms with E-state index in [4.69, 9.17) is 9.47 Å². The van der Waals surface area contributed by atoms with Crippen molar-refractivity contribution in [1.82, 2.24) is 4.90 Å². The van der Waals surface area contributed by atoms with Gasteiger partial charge in [0.05, 0.1) is 0 Å². The lowest BCUT2D eigenvalue weighted by Crippen LogP contribution is -2.29. The molecule has 0 radical (unpaired) electrons. The Morgan fingerprint density at radius 1 is 1.33 bits per heavy atom. The van der Waals surface area contributed by atoms with Crippen molar-refractivity contribution < 1.29 is 23.0 Å². The quantitative estimate of drug-likeness (QED) is 0.612. The Balaban J connectivity index is 1.79. The fourth-order valence-corrected chi connectivity index (χ4v) is 2.49. The van der Waals surface area contributed by atoms with E-state index in [1.54, 1.807) is 11.0 Å². The molecule has 1 saturated heterocycles. The van der Waals surface area contributed by atoms with E-state index in [0.29, 0.717) is 5.75 Å². The molecule has 0 spiro atoms. The lowest BCUT2D eigenvalue weighted by Gasteiger charge is -2.16. The second-order valence-electron chi connectivity index (χ2n) is 4.82. The van der Waals surface area contributed by atoms with E-state index >= 15 is 0 Å². The average Bonchev–Trinajstić information content (AvgIpc) is 2.99. The van der Waals surface area contributed by atoms with E-state index in [0.717, 1.165) is 31.5 Å². The van der Waals surface area contributed by atoms with Gasteiger partial charge in [-0.15, -0.1) is 0 Å². The highest BCUT2D eigenvalue weighted by atomic mass is 32.2. The molecule has 0 aliphatic carbocycles. The summed E-state index contributed by atoms with van der Waals surface area (Å²) in [6.07, 6.45) is 1.72. The number of carbonyl (C=O) groups is 1. The normalized spacial score (nSPS) is 15.8. The Hall–Kier alpha value is -1.60.